The Morgan fingerprint density at radius 1 is 1.36 bits per heavy atom. The third-order valence-electron chi connectivity index (χ3n) is 5.64. The average molecular weight is 390 g/mol. The third kappa shape index (κ3) is 4.99. The Balaban J connectivity index is 1.67. The van der Waals surface area contributed by atoms with Crippen LogP contribution in [-0.2, 0) is 4.74 Å². The van der Waals surface area contributed by atoms with Gasteiger partial charge < -0.3 is 15.0 Å². The molecule has 2 fully saturated rings. The summed E-state index contributed by atoms with van der Waals surface area (Å²) in [6.07, 6.45) is 2.46. The summed E-state index contributed by atoms with van der Waals surface area (Å²) in [5.74, 6) is 0.504. The number of benzene rings is 1. The van der Waals surface area contributed by atoms with Crippen LogP contribution in [0.2, 0.25) is 0 Å². The van der Waals surface area contributed by atoms with Crippen molar-refractivity contribution in [2.75, 3.05) is 51.3 Å². The third-order valence-corrected chi connectivity index (χ3v) is 5.64. The fourth-order valence-corrected chi connectivity index (χ4v) is 3.93. The van der Waals surface area contributed by atoms with Crippen molar-refractivity contribution < 1.29 is 14.5 Å². The first-order valence-electron chi connectivity index (χ1n) is 10.1. The Kier molecular flexibility index (Phi) is 6.85. The van der Waals surface area contributed by atoms with Gasteiger partial charge in [-0.3, -0.25) is 19.8 Å². The average Bonchev–Trinajstić information content (AvgIpc) is 2.72. The highest BCUT2D eigenvalue weighted by atomic mass is 16.6. The molecule has 2 aliphatic rings. The minimum Gasteiger partial charge on any atom is -0.378 e. The minimum absolute atomic E-state index is 0.0571. The van der Waals surface area contributed by atoms with Crippen LogP contribution >= 0.6 is 0 Å². The molecule has 28 heavy (non-hydrogen) atoms. The Morgan fingerprint density at radius 3 is 2.79 bits per heavy atom. The SMILES string of the molecule is CC1CCCN(C(C)CNc2ccc(C(=O)N3CCOCC3)cc2[N+](=O)[O-])C1. The molecule has 0 bridgehead atoms. The van der Waals surface area contributed by atoms with Crippen LogP contribution in [0.5, 0.6) is 0 Å². The van der Waals surface area contributed by atoms with Gasteiger partial charge in [-0.2, -0.15) is 0 Å². The van der Waals surface area contributed by atoms with E-state index in [0.29, 0.717) is 50.0 Å². The minimum atomic E-state index is -0.425. The molecule has 1 aromatic rings. The number of carbonyl (C=O) groups is 1. The lowest BCUT2D eigenvalue weighted by molar-refractivity contribution is -0.384. The molecular weight excluding hydrogens is 360 g/mol. The highest BCUT2D eigenvalue weighted by molar-refractivity contribution is 5.95. The lowest BCUT2D eigenvalue weighted by Crippen LogP contribution is -2.43. The van der Waals surface area contributed by atoms with Crippen LogP contribution in [0.4, 0.5) is 11.4 Å². The maximum Gasteiger partial charge on any atom is 0.293 e. The molecule has 0 aliphatic carbocycles. The smallest absolute Gasteiger partial charge is 0.293 e. The zero-order valence-corrected chi connectivity index (χ0v) is 16.7. The van der Waals surface area contributed by atoms with E-state index < -0.39 is 4.92 Å². The van der Waals surface area contributed by atoms with Crippen LogP contribution in [0, 0.1) is 16.0 Å². The van der Waals surface area contributed by atoms with E-state index in [2.05, 4.69) is 24.1 Å². The quantitative estimate of drug-likeness (QED) is 0.593. The maximum absolute atomic E-state index is 12.6. The number of nitro groups is 1. The molecule has 3 rings (SSSR count). The van der Waals surface area contributed by atoms with Crippen molar-refractivity contribution in [3.05, 3.63) is 33.9 Å². The van der Waals surface area contributed by atoms with Gasteiger partial charge in [0.25, 0.3) is 11.6 Å². The summed E-state index contributed by atoms with van der Waals surface area (Å²) < 4.78 is 5.26. The largest absolute Gasteiger partial charge is 0.378 e. The van der Waals surface area contributed by atoms with Crippen LogP contribution in [0.15, 0.2) is 18.2 Å². The number of likely N-dealkylation sites (tertiary alicyclic amines) is 1. The van der Waals surface area contributed by atoms with Crippen molar-refractivity contribution in [1.82, 2.24) is 9.80 Å². The Bertz CT molecular complexity index is 705. The number of carbonyl (C=O) groups excluding carboxylic acids is 1. The van der Waals surface area contributed by atoms with E-state index >= 15 is 0 Å². The first-order chi connectivity index (χ1) is 13.5. The summed E-state index contributed by atoms with van der Waals surface area (Å²) in [6.45, 7) is 9.21. The van der Waals surface area contributed by atoms with Crippen molar-refractivity contribution in [2.45, 2.75) is 32.7 Å². The number of rotatable bonds is 6. The number of morpholine rings is 1. The first kappa shape index (κ1) is 20.5. The van der Waals surface area contributed by atoms with Gasteiger partial charge in [-0.05, 0) is 44.4 Å². The molecule has 0 spiro atoms. The molecule has 2 atom stereocenters. The van der Waals surface area contributed by atoms with E-state index in [1.807, 2.05) is 0 Å². The predicted molar refractivity (Wildman–Crippen MR) is 108 cm³/mol. The molecule has 0 radical (unpaired) electrons. The van der Waals surface area contributed by atoms with E-state index in [4.69, 9.17) is 4.74 Å². The Hall–Kier alpha value is -2.19. The second kappa shape index (κ2) is 9.34. The van der Waals surface area contributed by atoms with E-state index in [-0.39, 0.29) is 17.6 Å². The summed E-state index contributed by atoms with van der Waals surface area (Å²) in [5, 5.41) is 14.8. The highest BCUT2D eigenvalue weighted by Crippen LogP contribution is 2.27. The molecule has 2 aliphatic heterocycles. The molecular formula is C20H30N4O4. The van der Waals surface area contributed by atoms with E-state index in [1.165, 1.54) is 18.9 Å². The Morgan fingerprint density at radius 2 is 2.11 bits per heavy atom. The van der Waals surface area contributed by atoms with Crippen LogP contribution in [0.1, 0.15) is 37.0 Å². The second-order valence-corrected chi connectivity index (χ2v) is 7.87. The zero-order valence-electron chi connectivity index (χ0n) is 16.7. The van der Waals surface area contributed by atoms with Crippen molar-refractivity contribution >= 4 is 17.3 Å². The Labute approximate surface area is 166 Å². The number of anilines is 1. The fraction of sp³-hybridized carbons (Fsp3) is 0.650. The van der Waals surface area contributed by atoms with Gasteiger partial charge in [0, 0.05) is 43.9 Å². The molecule has 1 aromatic carbocycles. The first-order valence-corrected chi connectivity index (χ1v) is 10.1. The van der Waals surface area contributed by atoms with Gasteiger partial charge in [-0.15, -0.1) is 0 Å². The summed E-state index contributed by atoms with van der Waals surface area (Å²) in [6, 6.07) is 4.99. The molecule has 8 heteroatoms. The number of piperidine rings is 1. The summed E-state index contributed by atoms with van der Waals surface area (Å²) in [4.78, 5) is 27.9. The van der Waals surface area contributed by atoms with Gasteiger partial charge in [0.05, 0.1) is 18.1 Å². The van der Waals surface area contributed by atoms with Crippen molar-refractivity contribution in [3.8, 4) is 0 Å². The van der Waals surface area contributed by atoms with Crippen molar-refractivity contribution in [3.63, 3.8) is 0 Å². The summed E-state index contributed by atoms with van der Waals surface area (Å²) in [5.41, 5.74) is 0.746. The number of hydrogen-bond acceptors (Lipinski definition) is 6. The molecule has 1 amide bonds. The molecule has 2 saturated heterocycles. The van der Waals surface area contributed by atoms with Gasteiger partial charge in [-0.25, -0.2) is 0 Å². The molecule has 8 nitrogen and oxygen atoms in total. The molecule has 0 aromatic heterocycles. The molecule has 2 unspecified atom stereocenters. The zero-order chi connectivity index (χ0) is 20.1. The number of ether oxygens (including phenoxy) is 1. The standard InChI is InChI=1S/C20H30N4O4/c1-15-4-3-7-23(14-15)16(2)13-21-18-6-5-17(12-19(18)24(26)27)20(25)22-8-10-28-11-9-22/h5-6,12,15-16,21H,3-4,7-11,13-14H2,1-2H3. The van der Waals surface area contributed by atoms with Crippen molar-refractivity contribution in [1.29, 1.82) is 0 Å². The maximum atomic E-state index is 12.6. The lowest BCUT2D eigenvalue weighted by Gasteiger charge is -2.35. The molecule has 0 saturated carbocycles. The number of nitrogens with zero attached hydrogens (tertiary/aromatic N) is 3. The van der Waals surface area contributed by atoms with Gasteiger partial charge in [0.2, 0.25) is 0 Å². The lowest BCUT2D eigenvalue weighted by atomic mass is 9.99. The van der Waals surface area contributed by atoms with E-state index in [1.54, 1.807) is 17.0 Å². The van der Waals surface area contributed by atoms with Crippen LogP contribution in [0.3, 0.4) is 0 Å². The monoisotopic (exact) mass is 390 g/mol. The summed E-state index contributed by atoms with van der Waals surface area (Å²) >= 11 is 0. The van der Waals surface area contributed by atoms with Gasteiger partial charge >= 0.3 is 0 Å². The van der Waals surface area contributed by atoms with Gasteiger partial charge in [0.15, 0.2) is 0 Å². The number of nitro benzene ring substituents is 1. The van der Waals surface area contributed by atoms with Crippen LogP contribution in [0.25, 0.3) is 0 Å². The molecule has 2 heterocycles. The van der Waals surface area contributed by atoms with Gasteiger partial charge in [-0.1, -0.05) is 6.92 Å². The summed E-state index contributed by atoms with van der Waals surface area (Å²) in [7, 11) is 0. The second-order valence-electron chi connectivity index (χ2n) is 7.87. The van der Waals surface area contributed by atoms with Gasteiger partial charge in [0.1, 0.15) is 5.69 Å². The van der Waals surface area contributed by atoms with E-state index in [9.17, 15) is 14.9 Å². The highest BCUT2D eigenvalue weighted by Gasteiger charge is 2.24. The van der Waals surface area contributed by atoms with Crippen LogP contribution in [-0.4, -0.2) is 72.6 Å². The van der Waals surface area contributed by atoms with Crippen LogP contribution < -0.4 is 5.32 Å². The number of hydrogen-bond donors (Lipinski definition) is 1. The number of amides is 1. The molecule has 1 N–H and O–H groups in total. The molecule has 154 valence electrons. The van der Waals surface area contributed by atoms with Crippen molar-refractivity contribution in [2.24, 2.45) is 5.92 Å². The predicted octanol–water partition coefficient (Wildman–Crippen LogP) is 2.60. The topological polar surface area (TPSA) is 88.0 Å². The van der Waals surface area contributed by atoms with E-state index in [0.717, 1.165) is 13.1 Å². The number of nitrogens with one attached hydrogen (secondary N) is 1. The normalized spacial score (nSPS) is 21.9. The fourth-order valence-electron chi connectivity index (χ4n) is 3.93.